The molecule has 0 saturated heterocycles. The number of hydrogen-bond donors (Lipinski definition) is 2. The van der Waals surface area contributed by atoms with Crippen molar-refractivity contribution in [1.82, 2.24) is 9.97 Å². The van der Waals surface area contributed by atoms with E-state index in [-0.39, 0.29) is 0 Å². The van der Waals surface area contributed by atoms with Crippen molar-refractivity contribution in [2.45, 2.75) is 33.1 Å². The summed E-state index contributed by atoms with van der Waals surface area (Å²) in [6.07, 6.45) is 1.04. The Kier molecular flexibility index (Phi) is 2.87. The zero-order valence-corrected chi connectivity index (χ0v) is 8.02. The van der Waals surface area contributed by atoms with E-state index in [0.29, 0.717) is 12.5 Å². The van der Waals surface area contributed by atoms with Gasteiger partial charge in [0, 0.05) is 18.2 Å². The number of aryl methyl sites for hydroxylation is 2. The standard InChI is InChI=1S/C9H17N3/c1-4-8(5-10)9-11-6(2)7(3)12-9/h8H,4-5,10H2,1-3H3,(H,11,12). The Bertz CT molecular complexity index is 229. The van der Waals surface area contributed by atoms with Crippen LogP contribution in [0, 0.1) is 13.8 Å². The Morgan fingerprint density at radius 2 is 2.17 bits per heavy atom. The lowest BCUT2D eigenvalue weighted by Gasteiger charge is -2.07. The van der Waals surface area contributed by atoms with Gasteiger partial charge in [0.05, 0.1) is 5.69 Å². The molecule has 0 aliphatic heterocycles. The van der Waals surface area contributed by atoms with Crippen LogP contribution >= 0.6 is 0 Å². The van der Waals surface area contributed by atoms with Crippen molar-refractivity contribution in [2.24, 2.45) is 5.73 Å². The summed E-state index contributed by atoms with van der Waals surface area (Å²) in [4.78, 5) is 7.67. The second-order valence-corrected chi connectivity index (χ2v) is 3.17. The van der Waals surface area contributed by atoms with Gasteiger partial charge in [-0.3, -0.25) is 0 Å². The molecule has 1 aromatic rings. The van der Waals surface area contributed by atoms with Crippen LogP contribution in [0.2, 0.25) is 0 Å². The number of hydrogen-bond acceptors (Lipinski definition) is 2. The van der Waals surface area contributed by atoms with Gasteiger partial charge in [0.2, 0.25) is 0 Å². The molecule has 3 heteroatoms. The molecule has 0 amide bonds. The fraction of sp³-hybridized carbons (Fsp3) is 0.667. The van der Waals surface area contributed by atoms with Crippen molar-refractivity contribution in [2.75, 3.05) is 6.54 Å². The van der Waals surface area contributed by atoms with E-state index >= 15 is 0 Å². The third-order valence-electron chi connectivity index (χ3n) is 2.31. The molecule has 0 spiro atoms. The van der Waals surface area contributed by atoms with Crippen LogP contribution in [0.1, 0.15) is 36.5 Å². The molecule has 68 valence electrons. The fourth-order valence-electron chi connectivity index (χ4n) is 1.24. The lowest BCUT2D eigenvalue weighted by molar-refractivity contribution is 0.637. The van der Waals surface area contributed by atoms with Gasteiger partial charge in [-0.15, -0.1) is 0 Å². The fourth-order valence-corrected chi connectivity index (χ4v) is 1.24. The average molecular weight is 167 g/mol. The predicted molar refractivity (Wildman–Crippen MR) is 50.1 cm³/mol. The monoisotopic (exact) mass is 167 g/mol. The van der Waals surface area contributed by atoms with Crippen LogP contribution in [0.5, 0.6) is 0 Å². The van der Waals surface area contributed by atoms with E-state index in [1.807, 2.05) is 13.8 Å². The van der Waals surface area contributed by atoms with E-state index in [2.05, 4.69) is 16.9 Å². The van der Waals surface area contributed by atoms with Gasteiger partial charge in [0.25, 0.3) is 0 Å². The highest BCUT2D eigenvalue weighted by atomic mass is 14.9. The van der Waals surface area contributed by atoms with Gasteiger partial charge in [-0.1, -0.05) is 6.92 Å². The van der Waals surface area contributed by atoms with E-state index in [9.17, 15) is 0 Å². The molecule has 0 fully saturated rings. The smallest absolute Gasteiger partial charge is 0.110 e. The minimum absolute atomic E-state index is 0.386. The summed E-state index contributed by atoms with van der Waals surface area (Å²) in [6.45, 7) is 6.85. The Labute approximate surface area is 73.4 Å². The topological polar surface area (TPSA) is 54.7 Å². The van der Waals surface area contributed by atoms with Gasteiger partial charge < -0.3 is 10.7 Å². The van der Waals surface area contributed by atoms with Gasteiger partial charge in [0.15, 0.2) is 0 Å². The molecule has 0 bridgehead atoms. The normalized spacial score (nSPS) is 13.3. The minimum atomic E-state index is 0.386. The van der Waals surface area contributed by atoms with Crippen LogP contribution in [0.4, 0.5) is 0 Å². The van der Waals surface area contributed by atoms with Gasteiger partial charge in [-0.2, -0.15) is 0 Å². The first-order valence-electron chi connectivity index (χ1n) is 4.42. The molecule has 1 unspecified atom stereocenters. The second-order valence-electron chi connectivity index (χ2n) is 3.17. The first kappa shape index (κ1) is 9.26. The number of nitrogens with zero attached hydrogens (tertiary/aromatic N) is 1. The van der Waals surface area contributed by atoms with Crippen LogP contribution in [0.3, 0.4) is 0 Å². The molecule has 0 aliphatic carbocycles. The summed E-state index contributed by atoms with van der Waals surface area (Å²) in [5.74, 6) is 1.42. The number of rotatable bonds is 3. The molecule has 1 heterocycles. The molecule has 1 atom stereocenters. The summed E-state index contributed by atoms with van der Waals surface area (Å²) in [6, 6.07) is 0. The Balaban J connectivity index is 2.86. The lowest BCUT2D eigenvalue weighted by atomic mass is 10.1. The number of nitrogens with one attached hydrogen (secondary N) is 1. The highest BCUT2D eigenvalue weighted by molar-refractivity contribution is 5.13. The first-order valence-corrected chi connectivity index (χ1v) is 4.42. The van der Waals surface area contributed by atoms with Crippen molar-refractivity contribution in [1.29, 1.82) is 0 Å². The molecule has 12 heavy (non-hydrogen) atoms. The highest BCUT2D eigenvalue weighted by Crippen LogP contribution is 2.16. The van der Waals surface area contributed by atoms with Gasteiger partial charge in [-0.25, -0.2) is 4.98 Å². The van der Waals surface area contributed by atoms with Crippen LogP contribution < -0.4 is 5.73 Å². The zero-order chi connectivity index (χ0) is 9.14. The van der Waals surface area contributed by atoms with Gasteiger partial charge in [0.1, 0.15) is 5.82 Å². The van der Waals surface area contributed by atoms with Gasteiger partial charge in [-0.05, 0) is 20.3 Å². The van der Waals surface area contributed by atoms with Crippen molar-refractivity contribution in [3.8, 4) is 0 Å². The molecule has 0 saturated carbocycles. The molecule has 0 radical (unpaired) electrons. The summed E-state index contributed by atoms with van der Waals surface area (Å²) in [7, 11) is 0. The Hall–Kier alpha value is -0.830. The zero-order valence-electron chi connectivity index (χ0n) is 8.02. The first-order chi connectivity index (χ1) is 5.69. The third-order valence-corrected chi connectivity index (χ3v) is 2.31. The molecule has 0 aromatic carbocycles. The van der Waals surface area contributed by atoms with Crippen molar-refractivity contribution >= 4 is 0 Å². The minimum Gasteiger partial charge on any atom is -0.346 e. The molecule has 1 rings (SSSR count). The van der Waals surface area contributed by atoms with Crippen LogP contribution in [-0.4, -0.2) is 16.5 Å². The largest absolute Gasteiger partial charge is 0.346 e. The molecule has 1 aromatic heterocycles. The van der Waals surface area contributed by atoms with Gasteiger partial charge >= 0.3 is 0 Å². The quantitative estimate of drug-likeness (QED) is 0.716. The molecular formula is C9H17N3. The van der Waals surface area contributed by atoms with E-state index in [4.69, 9.17) is 5.73 Å². The maximum absolute atomic E-state index is 5.61. The van der Waals surface area contributed by atoms with E-state index in [1.165, 1.54) is 0 Å². The number of nitrogens with two attached hydrogens (primary N) is 1. The Morgan fingerprint density at radius 3 is 2.50 bits per heavy atom. The van der Waals surface area contributed by atoms with E-state index in [1.54, 1.807) is 0 Å². The number of imidazole rings is 1. The average Bonchev–Trinajstić information content (AvgIpc) is 2.35. The van der Waals surface area contributed by atoms with E-state index in [0.717, 1.165) is 23.6 Å². The second kappa shape index (κ2) is 3.72. The molecule has 0 aliphatic rings. The van der Waals surface area contributed by atoms with Crippen molar-refractivity contribution in [3.05, 3.63) is 17.2 Å². The molecule has 3 nitrogen and oxygen atoms in total. The van der Waals surface area contributed by atoms with Crippen molar-refractivity contribution in [3.63, 3.8) is 0 Å². The third kappa shape index (κ3) is 1.67. The number of H-pyrrole nitrogens is 1. The Morgan fingerprint density at radius 1 is 1.50 bits per heavy atom. The van der Waals surface area contributed by atoms with Crippen LogP contribution in [0.15, 0.2) is 0 Å². The summed E-state index contributed by atoms with van der Waals surface area (Å²) in [5, 5.41) is 0. The van der Waals surface area contributed by atoms with Crippen molar-refractivity contribution < 1.29 is 0 Å². The maximum atomic E-state index is 5.61. The summed E-state index contributed by atoms with van der Waals surface area (Å²) >= 11 is 0. The maximum Gasteiger partial charge on any atom is 0.110 e. The summed E-state index contributed by atoms with van der Waals surface area (Å²) in [5.41, 5.74) is 7.85. The van der Waals surface area contributed by atoms with Crippen LogP contribution in [-0.2, 0) is 0 Å². The van der Waals surface area contributed by atoms with E-state index < -0.39 is 0 Å². The highest BCUT2D eigenvalue weighted by Gasteiger charge is 2.11. The SMILES string of the molecule is CCC(CN)c1nc(C)c(C)[nH]1. The summed E-state index contributed by atoms with van der Waals surface area (Å²) < 4.78 is 0. The predicted octanol–water partition coefficient (Wildman–Crippen LogP) is 1.48. The number of aromatic amines is 1. The lowest BCUT2D eigenvalue weighted by Crippen LogP contribution is -2.12. The molecular weight excluding hydrogens is 150 g/mol. The molecule has 3 N–H and O–H groups in total. The van der Waals surface area contributed by atoms with Crippen LogP contribution in [0.25, 0.3) is 0 Å². The number of aromatic nitrogens is 2.